The Labute approximate surface area is 156 Å². The smallest absolute Gasteiger partial charge is 0.337 e. The number of dihydropyridines is 1. The lowest BCUT2D eigenvalue weighted by molar-refractivity contribution is -0.384. The lowest BCUT2D eigenvalue weighted by Gasteiger charge is -2.30. The maximum atomic E-state index is 12.8. The molecule has 2 rings (SSSR count). The van der Waals surface area contributed by atoms with Gasteiger partial charge in [-0.1, -0.05) is 19.1 Å². The molecule has 1 aliphatic heterocycles. The highest BCUT2D eigenvalue weighted by Crippen LogP contribution is 2.39. The summed E-state index contributed by atoms with van der Waals surface area (Å²) in [6.07, 6.45) is 0.261. The largest absolute Gasteiger partial charge is 0.478 e. The van der Waals surface area contributed by atoms with E-state index in [2.05, 4.69) is 5.32 Å². The third-order valence-electron chi connectivity index (χ3n) is 4.51. The first-order valence-electron chi connectivity index (χ1n) is 8.54. The molecule has 0 amide bonds. The number of ether oxygens (including phenoxy) is 1. The van der Waals surface area contributed by atoms with E-state index in [4.69, 9.17) is 4.74 Å². The molecule has 8 heteroatoms. The van der Waals surface area contributed by atoms with Gasteiger partial charge in [-0.2, -0.15) is 0 Å². The van der Waals surface area contributed by atoms with Crippen molar-refractivity contribution in [2.24, 2.45) is 0 Å². The molecule has 2 atom stereocenters. The predicted molar refractivity (Wildman–Crippen MR) is 97.9 cm³/mol. The average molecular weight is 374 g/mol. The van der Waals surface area contributed by atoms with Crippen molar-refractivity contribution in [2.75, 3.05) is 0 Å². The zero-order chi connectivity index (χ0) is 20.3. The van der Waals surface area contributed by atoms with Gasteiger partial charge in [0, 0.05) is 23.5 Å². The van der Waals surface area contributed by atoms with E-state index in [9.17, 15) is 24.8 Å². The summed E-state index contributed by atoms with van der Waals surface area (Å²) < 4.78 is 5.42. The van der Waals surface area contributed by atoms with Crippen LogP contribution in [0, 0.1) is 10.1 Å². The van der Waals surface area contributed by atoms with Crippen molar-refractivity contribution < 1.29 is 24.4 Å². The van der Waals surface area contributed by atoms with Crippen molar-refractivity contribution in [2.45, 2.75) is 46.1 Å². The van der Waals surface area contributed by atoms with E-state index in [1.54, 1.807) is 26.8 Å². The third-order valence-corrected chi connectivity index (χ3v) is 4.51. The van der Waals surface area contributed by atoms with Gasteiger partial charge in [-0.15, -0.1) is 0 Å². The molecule has 0 aromatic heterocycles. The van der Waals surface area contributed by atoms with Gasteiger partial charge in [0.05, 0.1) is 28.1 Å². The van der Waals surface area contributed by atoms with E-state index in [1.807, 2.05) is 6.92 Å². The van der Waals surface area contributed by atoms with Crippen molar-refractivity contribution in [1.82, 2.24) is 5.32 Å². The number of carboxylic acid groups (broad SMARTS) is 1. The minimum atomic E-state index is -1.21. The van der Waals surface area contributed by atoms with Crippen LogP contribution in [0.15, 0.2) is 46.8 Å². The second-order valence-corrected chi connectivity index (χ2v) is 6.42. The molecular formula is C19H22N2O6. The average Bonchev–Trinajstić information content (AvgIpc) is 2.60. The van der Waals surface area contributed by atoms with Gasteiger partial charge in [0.25, 0.3) is 5.69 Å². The Hall–Kier alpha value is -3.16. The minimum Gasteiger partial charge on any atom is -0.478 e. The number of hydrogen-bond acceptors (Lipinski definition) is 6. The molecule has 27 heavy (non-hydrogen) atoms. The van der Waals surface area contributed by atoms with Gasteiger partial charge in [-0.05, 0) is 32.8 Å². The summed E-state index contributed by atoms with van der Waals surface area (Å²) in [5.74, 6) is -2.82. The van der Waals surface area contributed by atoms with Gasteiger partial charge in [0.15, 0.2) is 0 Å². The predicted octanol–water partition coefficient (Wildman–Crippen LogP) is 3.26. The second-order valence-electron chi connectivity index (χ2n) is 6.42. The summed E-state index contributed by atoms with van der Waals surface area (Å²) in [4.78, 5) is 35.3. The summed E-state index contributed by atoms with van der Waals surface area (Å²) in [5, 5.41) is 23.8. The van der Waals surface area contributed by atoms with Crippen molar-refractivity contribution in [3.63, 3.8) is 0 Å². The van der Waals surface area contributed by atoms with Crippen LogP contribution in [0.4, 0.5) is 5.69 Å². The van der Waals surface area contributed by atoms with Crippen LogP contribution in [0.1, 0.15) is 45.6 Å². The number of carbonyl (C=O) groups is 2. The summed E-state index contributed by atoms with van der Waals surface area (Å²) in [5.41, 5.74) is 1.09. The van der Waals surface area contributed by atoms with Crippen LogP contribution in [0.2, 0.25) is 0 Å². The number of nitrogens with one attached hydrogen (secondary N) is 1. The van der Waals surface area contributed by atoms with Gasteiger partial charge in [0.1, 0.15) is 0 Å². The first kappa shape index (κ1) is 20.2. The van der Waals surface area contributed by atoms with Crippen molar-refractivity contribution in [3.05, 3.63) is 62.5 Å². The Balaban J connectivity index is 2.64. The summed E-state index contributed by atoms with van der Waals surface area (Å²) in [7, 11) is 0. The van der Waals surface area contributed by atoms with Crippen LogP contribution in [0.5, 0.6) is 0 Å². The Morgan fingerprint density at radius 1 is 1.30 bits per heavy atom. The quantitative estimate of drug-likeness (QED) is 0.445. The highest BCUT2D eigenvalue weighted by atomic mass is 16.6. The number of nitro groups is 1. The SMILES string of the molecule is CCC(C)OC(=O)C1=C(C)NC(C)=C(C(=O)O)C1c1cccc([N+](=O)[O-])c1. The summed E-state index contributed by atoms with van der Waals surface area (Å²) in [6, 6.07) is 5.64. The first-order valence-corrected chi connectivity index (χ1v) is 8.54. The Bertz CT molecular complexity index is 856. The number of esters is 1. The number of nitrogens with zero attached hydrogens (tertiary/aromatic N) is 1. The number of rotatable bonds is 6. The maximum Gasteiger partial charge on any atom is 0.337 e. The highest BCUT2D eigenvalue weighted by molar-refractivity contribution is 5.99. The number of carbonyl (C=O) groups excluding carboxylic acids is 1. The molecule has 0 bridgehead atoms. The van der Waals surface area contributed by atoms with E-state index in [0.717, 1.165) is 0 Å². The fourth-order valence-corrected chi connectivity index (χ4v) is 3.03. The molecule has 144 valence electrons. The molecule has 1 aliphatic rings. The van der Waals surface area contributed by atoms with Gasteiger partial charge in [0.2, 0.25) is 0 Å². The maximum absolute atomic E-state index is 12.8. The number of aliphatic carboxylic acids is 1. The third kappa shape index (κ3) is 4.16. The number of hydrogen-bond donors (Lipinski definition) is 2. The molecule has 0 saturated heterocycles. The fraction of sp³-hybridized carbons (Fsp3) is 0.368. The molecule has 2 unspecified atom stereocenters. The van der Waals surface area contributed by atoms with Crippen LogP contribution < -0.4 is 5.32 Å². The molecule has 0 saturated carbocycles. The molecule has 0 radical (unpaired) electrons. The van der Waals surface area contributed by atoms with Crippen LogP contribution in [0.3, 0.4) is 0 Å². The Morgan fingerprint density at radius 3 is 2.48 bits per heavy atom. The molecular weight excluding hydrogens is 352 g/mol. The highest BCUT2D eigenvalue weighted by Gasteiger charge is 2.38. The number of allylic oxidation sites excluding steroid dienone is 2. The standard InChI is InChI=1S/C19H22N2O6/c1-5-10(2)27-19(24)16-12(4)20-11(3)15(18(22)23)17(16)13-7-6-8-14(9-13)21(25)26/h6-10,17,20H,5H2,1-4H3,(H,22,23). The molecule has 2 N–H and O–H groups in total. The molecule has 1 aromatic carbocycles. The molecule has 0 fully saturated rings. The number of benzene rings is 1. The van der Waals surface area contributed by atoms with Gasteiger partial charge in [-0.3, -0.25) is 10.1 Å². The summed E-state index contributed by atoms with van der Waals surface area (Å²) in [6.45, 7) is 6.85. The van der Waals surface area contributed by atoms with Crippen LogP contribution in [-0.2, 0) is 14.3 Å². The minimum absolute atomic E-state index is 0.0443. The number of non-ortho nitro benzene ring substituents is 1. The van der Waals surface area contributed by atoms with Crippen LogP contribution in [0.25, 0.3) is 0 Å². The molecule has 8 nitrogen and oxygen atoms in total. The van der Waals surface area contributed by atoms with Gasteiger partial charge in [-0.25, -0.2) is 9.59 Å². The number of carboxylic acids is 1. The lowest BCUT2D eigenvalue weighted by atomic mass is 9.80. The van der Waals surface area contributed by atoms with Crippen LogP contribution >= 0.6 is 0 Å². The summed E-state index contributed by atoms with van der Waals surface area (Å²) >= 11 is 0. The van der Waals surface area contributed by atoms with Crippen molar-refractivity contribution in [1.29, 1.82) is 0 Å². The first-order chi connectivity index (χ1) is 12.7. The lowest BCUT2D eigenvalue weighted by Crippen LogP contribution is -2.32. The second kappa shape index (κ2) is 8.03. The van der Waals surface area contributed by atoms with Crippen molar-refractivity contribution in [3.8, 4) is 0 Å². The molecule has 0 spiro atoms. The Kier molecular flexibility index (Phi) is 5.99. The normalized spacial score (nSPS) is 18.0. The zero-order valence-corrected chi connectivity index (χ0v) is 15.6. The van der Waals surface area contributed by atoms with E-state index >= 15 is 0 Å². The van der Waals surface area contributed by atoms with E-state index in [-0.39, 0.29) is 22.9 Å². The van der Waals surface area contributed by atoms with E-state index < -0.39 is 22.8 Å². The molecule has 0 aliphatic carbocycles. The van der Waals surface area contributed by atoms with Gasteiger partial charge < -0.3 is 15.2 Å². The molecule has 1 heterocycles. The number of nitro benzene ring substituents is 1. The molecule has 1 aromatic rings. The Morgan fingerprint density at radius 2 is 1.93 bits per heavy atom. The topological polar surface area (TPSA) is 119 Å². The van der Waals surface area contributed by atoms with E-state index in [1.165, 1.54) is 18.2 Å². The fourth-order valence-electron chi connectivity index (χ4n) is 3.03. The van der Waals surface area contributed by atoms with Gasteiger partial charge >= 0.3 is 11.9 Å². The van der Waals surface area contributed by atoms with E-state index in [0.29, 0.717) is 23.4 Å². The van der Waals surface area contributed by atoms with Crippen LogP contribution in [-0.4, -0.2) is 28.1 Å². The van der Waals surface area contributed by atoms with Crippen molar-refractivity contribution >= 4 is 17.6 Å². The monoisotopic (exact) mass is 374 g/mol. The zero-order valence-electron chi connectivity index (χ0n) is 15.6.